The number of aliphatic hydroxyl groups excluding tert-OH is 2. The van der Waals surface area contributed by atoms with Gasteiger partial charge in [0, 0.05) is 18.0 Å². The molecule has 102 valence electrons. The molecular weight excluding hydrogens is 252 g/mol. The van der Waals surface area contributed by atoms with E-state index in [1.165, 1.54) is 0 Å². The summed E-state index contributed by atoms with van der Waals surface area (Å²) in [4.78, 5) is 11.8. The van der Waals surface area contributed by atoms with E-state index in [4.69, 9.17) is 15.6 Å². The number of aromatic nitrogens is 3. The summed E-state index contributed by atoms with van der Waals surface area (Å²) in [6, 6.07) is 1.68. The second-order valence-electron chi connectivity index (χ2n) is 4.54. The maximum absolute atomic E-state index is 11.8. The fraction of sp³-hybridized carbons (Fsp3) is 0.455. The van der Waals surface area contributed by atoms with Crippen molar-refractivity contribution in [2.75, 3.05) is 12.3 Å². The molecule has 0 radical (unpaired) electrons. The second-order valence-corrected chi connectivity index (χ2v) is 4.54. The lowest BCUT2D eigenvalue weighted by Gasteiger charge is -2.14. The van der Waals surface area contributed by atoms with Crippen LogP contribution in [0.1, 0.15) is 12.6 Å². The number of hydrogen-bond acceptors (Lipinski definition) is 6. The Bertz CT molecular complexity index is 664. The Morgan fingerprint density at radius 1 is 1.63 bits per heavy atom. The number of ether oxygens (including phenoxy) is 1. The van der Waals surface area contributed by atoms with Crippen molar-refractivity contribution in [2.24, 2.45) is 0 Å². The minimum Gasteiger partial charge on any atom is -0.394 e. The van der Waals surface area contributed by atoms with Gasteiger partial charge in [-0.15, -0.1) is 0 Å². The van der Waals surface area contributed by atoms with Gasteiger partial charge in [0.05, 0.1) is 12.7 Å². The predicted molar refractivity (Wildman–Crippen MR) is 66.4 cm³/mol. The molecule has 8 nitrogen and oxygen atoms in total. The number of nitrogen functional groups attached to an aromatic ring is 1. The van der Waals surface area contributed by atoms with Crippen molar-refractivity contribution in [3.8, 4) is 0 Å². The smallest absolute Gasteiger partial charge is 0.288 e. The van der Waals surface area contributed by atoms with E-state index in [0.717, 1.165) is 0 Å². The Labute approximate surface area is 107 Å². The van der Waals surface area contributed by atoms with Crippen LogP contribution >= 0.6 is 0 Å². The first-order chi connectivity index (χ1) is 9.11. The van der Waals surface area contributed by atoms with Crippen molar-refractivity contribution in [2.45, 2.75) is 24.9 Å². The minimum atomic E-state index is -0.759. The molecule has 0 aliphatic carbocycles. The predicted octanol–water partition coefficient (Wildman–Crippen LogP) is -1.05. The first-order valence-electron chi connectivity index (χ1n) is 5.91. The number of rotatable bonds is 2. The Morgan fingerprint density at radius 3 is 3.11 bits per heavy atom. The summed E-state index contributed by atoms with van der Waals surface area (Å²) in [5.41, 5.74) is 5.67. The lowest BCUT2D eigenvalue weighted by molar-refractivity contribution is -0.0429. The molecule has 0 amide bonds. The zero-order chi connectivity index (χ0) is 13.6. The van der Waals surface area contributed by atoms with Gasteiger partial charge < -0.3 is 25.3 Å². The number of anilines is 1. The van der Waals surface area contributed by atoms with Gasteiger partial charge in [-0.25, -0.2) is 5.10 Å². The Morgan fingerprint density at radius 2 is 2.42 bits per heavy atom. The van der Waals surface area contributed by atoms with Gasteiger partial charge in [-0.2, -0.15) is 5.10 Å². The fourth-order valence-electron chi connectivity index (χ4n) is 2.41. The SMILES string of the molecule is Nc1n[nH]c(=O)c2c1ccn2[C@H]1C[C@H](O)[C@@H](CO)O1. The summed E-state index contributed by atoms with van der Waals surface area (Å²) in [7, 11) is 0. The van der Waals surface area contributed by atoms with Gasteiger partial charge in [-0.3, -0.25) is 4.79 Å². The van der Waals surface area contributed by atoms with Crippen LogP contribution in [0, 0.1) is 0 Å². The van der Waals surface area contributed by atoms with Gasteiger partial charge in [-0.1, -0.05) is 0 Å². The van der Waals surface area contributed by atoms with Crippen LogP contribution in [0.4, 0.5) is 5.82 Å². The topological polar surface area (TPSA) is 126 Å². The number of aromatic amines is 1. The van der Waals surface area contributed by atoms with Gasteiger partial charge in [0.1, 0.15) is 17.8 Å². The monoisotopic (exact) mass is 266 g/mol. The summed E-state index contributed by atoms with van der Waals surface area (Å²) in [6.45, 7) is -0.267. The molecule has 19 heavy (non-hydrogen) atoms. The van der Waals surface area contributed by atoms with E-state index >= 15 is 0 Å². The normalized spacial score (nSPS) is 27.2. The number of nitrogens with zero attached hydrogens (tertiary/aromatic N) is 2. The van der Waals surface area contributed by atoms with Crippen LogP contribution in [-0.4, -0.2) is 43.8 Å². The van der Waals surface area contributed by atoms with E-state index < -0.39 is 18.4 Å². The van der Waals surface area contributed by atoms with Crippen molar-refractivity contribution in [3.05, 3.63) is 22.6 Å². The average Bonchev–Trinajstić information content (AvgIpc) is 2.97. The third-order valence-electron chi connectivity index (χ3n) is 3.38. The van der Waals surface area contributed by atoms with Crippen LogP contribution in [0.2, 0.25) is 0 Å². The summed E-state index contributed by atoms with van der Waals surface area (Å²) >= 11 is 0. The van der Waals surface area contributed by atoms with Crippen molar-refractivity contribution in [1.29, 1.82) is 0 Å². The molecule has 3 atom stereocenters. The van der Waals surface area contributed by atoms with Crippen LogP contribution in [0.5, 0.6) is 0 Å². The molecule has 8 heteroatoms. The van der Waals surface area contributed by atoms with Crippen molar-refractivity contribution in [3.63, 3.8) is 0 Å². The van der Waals surface area contributed by atoms with Crippen LogP contribution < -0.4 is 11.3 Å². The van der Waals surface area contributed by atoms with Gasteiger partial charge >= 0.3 is 0 Å². The molecule has 1 aliphatic rings. The fourth-order valence-corrected chi connectivity index (χ4v) is 2.41. The summed E-state index contributed by atoms with van der Waals surface area (Å²) in [5, 5.41) is 25.3. The van der Waals surface area contributed by atoms with Crippen molar-refractivity contribution >= 4 is 16.7 Å². The molecule has 2 aromatic rings. The molecule has 0 bridgehead atoms. The summed E-state index contributed by atoms with van der Waals surface area (Å²) < 4.78 is 7.12. The standard InChI is InChI=1S/C11H14N4O4/c12-10-5-1-2-15(9(5)11(18)14-13-10)8-3-6(17)7(4-16)19-8/h1-2,6-8,16-17H,3-4H2,(H2,12,13)(H,14,18)/t6-,7+,8+/m0/s1. The molecule has 1 fully saturated rings. The first-order valence-corrected chi connectivity index (χ1v) is 5.91. The van der Waals surface area contributed by atoms with E-state index in [9.17, 15) is 9.90 Å². The number of nitrogens with one attached hydrogen (secondary N) is 1. The molecule has 0 saturated carbocycles. The first kappa shape index (κ1) is 12.2. The number of hydrogen-bond donors (Lipinski definition) is 4. The van der Waals surface area contributed by atoms with Crippen molar-refractivity contribution < 1.29 is 14.9 Å². The highest BCUT2D eigenvalue weighted by atomic mass is 16.5. The van der Waals surface area contributed by atoms with Crippen LogP contribution in [0.15, 0.2) is 17.1 Å². The third-order valence-corrected chi connectivity index (χ3v) is 3.38. The molecule has 1 aliphatic heterocycles. The van der Waals surface area contributed by atoms with Gasteiger partial charge in [0.2, 0.25) is 0 Å². The van der Waals surface area contributed by atoms with Crippen LogP contribution in [-0.2, 0) is 4.74 Å². The second kappa shape index (κ2) is 4.34. The number of H-pyrrole nitrogens is 1. The highest BCUT2D eigenvalue weighted by molar-refractivity contribution is 5.88. The van der Waals surface area contributed by atoms with E-state index in [1.807, 2.05) is 0 Å². The number of aliphatic hydroxyl groups is 2. The molecule has 1 saturated heterocycles. The van der Waals surface area contributed by atoms with Crippen LogP contribution in [0.25, 0.3) is 10.9 Å². The maximum Gasteiger partial charge on any atom is 0.288 e. The largest absolute Gasteiger partial charge is 0.394 e. The lowest BCUT2D eigenvalue weighted by atomic mass is 10.2. The Kier molecular flexibility index (Phi) is 2.77. The lowest BCUT2D eigenvalue weighted by Crippen LogP contribution is -2.24. The van der Waals surface area contributed by atoms with Crippen LogP contribution in [0.3, 0.4) is 0 Å². The minimum absolute atomic E-state index is 0.227. The van der Waals surface area contributed by atoms with E-state index in [0.29, 0.717) is 17.3 Å². The molecule has 0 unspecified atom stereocenters. The van der Waals surface area contributed by atoms with Crippen molar-refractivity contribution in [1.82, 2.24) is 14.8 Å². The Hall–Kier alpha value is -1.90. The van der Waals surface area contributed by atoms with Gasteiger partial charge in [-0.05, 0) is 6.07 Å². The summed E-state index contributed by atoms with van der Waals surface area (Å²) in [5.74, 6) is 0.227. The average molecular weight is 266 g/mol. The molecule has 5 N–H and O–H groups in total. The molecule has 0 aromatic carbocycles. The highest BCUT2D eigenvalue weighted by Gasteiger charge is 2.35. The third kappa shape index (κ3) is 1.81. The Balaban J connectivity index is 2.08. The number of fused-ring (bicyclic) bond motifs is 1. The molecular formula is C11H14N4O4. The van der Waals surface area contributed by atoms with E-state index in [1.54, 1.807) is 16.8 Å². The molecule has 0 spiro atoms. The summed E-state index contributed by atoms with van der Waals surface area (Å²) in [6.07, 6.45) is 0.0603. The van der Waals surface area contributed by atoms with E-state index in [2.05, 4.69) is 10.2 Å². The maximum atomic E-state index is 11.8. The zero-order valence-electron chi connectivity index (χ0n) is 9.98. The molecule has 3 rings (SSSR count). The highest BCUT2D eigenvalue weighted by Crippen LogP contribution is 2.31. The van der Waals surface area contributed by atoms with E-state index in [-0.39, 0.29) is 18.0 Å². The van der Waals surface area contributed by atoms with Gasteiger partial charge in [0.25, 0.3) is 5.56 Å². The zero-order valence-corrected chi connectivity index (χ0v) is 9.98. The number of nitrogens with two attached hydrogens (primary N) is 1. The molecule has 3 heterocycles. The van der Waals surface area contributed by atoms with Gasteiger partial charge in [0.15, 0.2) is 5.82 Å². The molecule has 2 aromatic heterocycles. The quantitative estimate of drug-likeness (QED) is 0.549.